The molecular weight excluding hydrogens is 1150 g/mol. The van der Waals surface area contributed by atoms with E-state index in [1.54, 1.807) is 0 Å². The number of carbonyl (C=O) groups is 12. The van der Waals surface area contributed by atoms with Crippen LogP contribution in [0.15, 0.2) is 48.6 Å². The molecule has 13 aliphatic rings. The molecule has 7 aliphatic carbocycles. The molecule has 478 valence electrons. The van der Waals surface area contributed by atoms with Crippen molar-refractivity contribution in [2.75, 3.05) is 33.0 Å². The van der Waals surface area contributed by atoms with Gasteiger partial charge in [0.25, 0.3) is 0 Å². The van der Waals surface area contributed by atoms with Crippen molar-refractivity contribution in [3.05, 3.63) is 48.6 Å². The molecule has 25 heteroatoms. The third-order valence-corrected chi connectivity index (χ3v) is 19.6. The van der Waals surface area contributed by atoms with Crippen LogP contribution in [0.3, 0.4) is 0 Å². The van der Waals surface area contributed by atoms with E-state index >= 15 is 0 Å². The third kappa shape index (κ3) is 13.1. The Morgan fingerprint density at radius 1 is 0.534 bits per heavy atom. The van der Waals surface area contributed by atoms with Crippen molar-refractivity contribution >= 4 is 71.6 Å². The molecule has 14 atom stereocenters. The smallest absolute Gasteiger partial charge is 0.351 e. The Morgan fingerprint density at radius 3 is 1.51 bits per heavy atom. The summed E-state index contributed by atoms with van der Waals surface area (Å²) in [5.41, 5.74) is -2.66. The first-order valence-electron chi connectivity index (χ1n) is 29.7. The predicted octanol–water partition coefficient (Wildman–Crippen LogP) is 5.02. The number of nitrogens with zero attached hydrogens (tertiary/aromatic N) is 1. The van der Waals surface area contributed by atoms with Crippen LogP contribution in [-0.4, -0.2) is 147 Å². The van der Waals surface area contributed by atoms with Gasteiger partial charge in [-0.2, -0.15) is 5.26 Å². The molecule has 6 heterocycles. The van der Waals surface area contributed by atoms with E-state index in [9.17, 15) is 62.8 Å². The minimum absolute atomic E-state index is 0.0359. The summed E-state index contributed by atoms with van der Waals surface area (Å²) in [5, 5.41) is 9.28. The van der Waals surface area contributed by atoms with Gasteiger partial charge in [0, 0.05) is 57.3 Å². The van der Waals surface area contributed by atoms with Gasteiger partial charge in [0.05, 0.1) is 23.3 Å². The van der Waals surface area contributed by atoms with Gasteiger partial charge >= 0.3 is 71.6 Å². The monoisotopic (exact) mass is 1230 g/mol. The van der Waals surface area contributed by atoms with Gasteiger partial charge in [-0.25, -0.2) is 38.4 Å². The van der Waals surface area contributed by atoms with Crippen LogP contribution in [0.5, 0.6) is 0 Å². The average Bonchev–Trinajstić information content (AvgIpc) is 1.58. The van der Waals surface area contributed by atoms with Crippen molar-refractivity contribution in [1.29, 1.82) is 5.26 Å². The van der Waals surface area contributed by atoms with Gasteiger partial charge in [0.1, 0.15) is 49.8 Å². The Bertz CT molecular complexity index is 2990. The number of rotatable bonds is 17. The zero-order chi connectivity index (χ0) is 64.5. The molecule has 12 bridgehead atoms. The maximum Gasteiger partial charge on any atom is 0.351 e. The van der Waals surface area contributed by atoms with Gasteiger partial charge in [0.2, 0.25) is 5.60 Å². The van der Waals surface area contributed by atoms with E-state index in [0.717, 1.165) is 51.4 Å². The van der Waals surface area contributed by atoms with Gasteiger partial charge in [0.15, 0.2) is 25.2 Å². The summed E-state index contributed by atoms with van der Waals surface area (Å²) in [4.78, 5) is 141. The van der Waals surface area contributed by atoms with Crippen LogP contribution in [0.2, 0.25) is 0 Å². The summed E-state index contributed by atoms with van der Waals surface area (Å²) in [6.07, 6.45) is 6.17. The minimum atomic E-state index is -1.24. The molecule has 14 unspecified atom stereocenters. The molecule has 0 aromatic heterocycles. The Balaban J connectivity index is 0.000000152. The zero-order valence-corrected chi connectivity index (χ0v) is 50.7. The first-order valence-corrected chi connectivity index (χ1v) is 29.7. The summed E-state index contributed by atoms with van der Waals surface area (Å²) in [6.45, 7) is 23.9. The molecule has 25 nitrogen and oxygen atoms in total. The van der Waals surface area contributed by atoms with Crippen molar-refractivity contribution in [1.82, 2.24) is 0 Å². The lowest BCUT2D eigenvalue weighted by molar-refractivity contribution is -0.184. The SMILES string of the molecule is C=C(C)C(=O)OCC(=O)OC1C2CC3C1OC(=O)C3(C#N)C2.C=C(C)C(=O)OCC(=O)OC1C2CC3CC(C2)C(=O)OC1C3.C=C(C)C(=O)OCC(=O)OC1C2CC3CC1CC(C2)C(=O)O3.C=C(C)C(=O)OCCOC(=O)C12CCC(C)(C(=O)O1)C2(C)C. The average molecular weight is 1230 g/mol. The fraction of sp³-hybridized carbons (Fsp3) is 0.667. The van der Waals surface area contributed by atoms with Crippen molar-refractivity contribution in [3.63, 3.8) is 0 Å². The Labute approximate surface area is 508 Å². The highest BCUT2D eigenvalue weighted by atomic mass is 16.6. The van der Waals surface area contributed by atoms with Crippen molar-refractivity contribution < 1.29 is 114 Å². The highest BCUT2D eigenvalue weighted by Gasteiger charge is 2.77. The summed E-state index contributed by atoms with van der Waals surface area (Å²) in [7, 11) is 0. The van der Waals surface area contributed by atoms with Crippen LogP contribution < -0.4 is 0 Å². The summed E-state index contributed by atoms with van der Waals surface area (Å²) in [6, 6.07) is 2.08. The maximum absolute atomic E-state index is 12.4. The van der Waals surface area contributed by atoms with E-state index in [0.29, 0.717) is 31.6 Å². The number of ether oxygens (including phenoxy) is 12. The summed E-state index contributed by atoms with van der Waals surface area (Å²) < 4.78 is 62.2. The maximum atomic E-state index is 12.4. The second-order valence-corrected chi connectivity index (χ2v) is 25.9. The van der Waals surface area contributed by atoms with Crippen molar-refractivity contribution in [2.24, 2.45) is 63.6 Å². The van der Waals surface area contributed by atoms with Crippen molar-refractivity contribution in [3.8, 4) is 6.07 Å². The zero-order valence-electron chi connectivity index (χ0n) is 50.7. The van der Waals surface area contributed by atoms with E-state index in [-0.39, 0.29) is 113 Å². The fourth-order valence-electron chi connectivity index (χ4n) is 14.7. The molecule has 6 saturated heterocycles. The van der Waals surface area contributed by atoms with Crippen molar-refractivity contribution in [2.45, 2.75) is 168 Å². The molecule has 0 N–H and O–H groups in total. The normalized spacial score (nSPS) is 35.0. The fourth-order valence-corrected chi connectivity index (χ4v) is 14.7. The summed E-state index contributed by atoms with van der Waals surface area (Å²) in [5.74, 6) is -5.40. The standard InChI is InChI=1S/2C16H20O6.C16H22O6.C15H15NO6/c1-8(2)15(18)20-7-13(17)22-14-9-3-11-4-10(14)6-12(5-9)21-16(11)19;1-8(2)15(18)20-7-13(17)22-14-10-3-9-4-11(6-10)16(19)21-12(14)5-9;1-10(2)11(17)20-8-9-21-13(19)16-7-6-15(5,12(18)22-16)14(16,3)4;1-7(2)13(18)20-5-10(17)21-11-8-3-9-12(11)22-14(19)15(9,4-8)6-16/h2*9-12,14H,1,3-7H2,2H3;1,6-9H2,2-5H3;8-9,11-12H,1,3-5H2,2H3. The highest BCUT2D eigenvalue weighted by molar-refractivity contribution is 5.94. The van der Waals surface area contributed by atoms with Gasteiger partial charge in [-0.05, 0) is 118 Å². The predicted molar refractivity (Wildman–Crippen MR) is 295 cm³/mol. The number of esters is 12. The topological polar surface area (TPSA) is 339 Å². The molecule has 0 aromatic rings. The van der Waals surface area contributed by atoms with Gasteiger partial charge in [-0.15, -0.1) is 0 Å². The molecule has 0 radical (unpaired) electrons. The Hall–Kier alpha value is -7.91. The van der Waals surface area contributed by atoms with Gasteiger partial charge in [-0.3, -0.25) is 19.2 Å². The molecule has 0 aromatic carbocycles. The number of hydrogen-bond acceptors (Lipinski definition) is 25. The van der Waals surface area contributed by atoms with E-state index in [1.807, 2.05) is 20.8 Å². The molecule has 13 rings (SSSR count). The minimum Gasteiger partial charge on any atom is -0.462 e. The number of fused-ring (bicyclic) bond motifs is 5. The van der Waals surface area contributed by atoms with Crippen LogP contribution >= 0.6 is 0 Å². The van der Waals surface area contributed by atoms with Crippen LogP contribution in [0.4, 0.5) is 0 Å². The lowest BCUT2D eigenvalue weighted by Gasteiger charge is -2.42. The van der Waals surface area contributed by atoms with E-state index in [4.69, 9.17) is 56.8 Å². The van der Waals surface area contributed by atoms with Crippen LogP contribution in [0.25, 0.3) is 0 Å². The third-order valence-electron chi connectivity index (χ3n) is 19.6. The number of nitriles is 1. The highest BCUT2D eigenvalue weighted by Crippen LogP contribution is 2.66. The number of carbonyl (C=O) groups excluding carboxylic acids is 12. The molecular formula is C63H77NO24. The Morgan fingerprint density at radius 2 is 1.01 bits per heavy atom. The van der Waals surface area contributed by atoms with E-state index in [1.165, 1.54) is 27.7 Å². The van der Waals surface area contributed by atoms with E-state index < -0.39 is 114 Å². The molecule has 13 fully saturated rings. The van der Waals surface area contributed by atoms with Crippen LogP contribution in [0.1, 0.15) is 126 Å². The quantitative estimate of drug-likeness (QED) is 0.0798. The van der Waals surface area contributed by atoms with Gasteiger partial charge < -0.3 is 56.8 Å². The lowest BCUT2D eigenvalue weighted by atomic mass is 9.66. The first-order chi connectivity index (χ1) is 41.3. The number of hydrogen-bond donors (Lipinski definition) is 0. The van der Waals surface area contributed by atoms with Crippen LogP contribution in [0, 0.1) is 74.9 Å². The second-order valence-electron chi connectivity index (χ2n) is 25.9. The molecule has 6 aliphatic heterocycles. The second kappa shape index (κ2) is 26.0. The summed E-state index contributed by atoms with van der Waals surface area (Å²) >= 11 is 0. The molecule has 0 spiro atoms. The first kappa shape index (κ1) is 66.1. The Kier molecular flexibility index (Phi) is 19.5. The largest absolute Gasteiger partial charge is 0.462 e. The molecule has 88 heavy (non-hydrogen) atoms. The molecule has 0 amide bonds. The molecule has 7 saturated carbocycles. The lowest BCUT2D eigenvalue weighted by Crippen LogP contribution is -2.49. The van der Waals surface area contributed by atoms with Crippen LogP contribution in [-0.2, 0) is 114 Å². The van der Waals surface area contributed by atoms with Gasteiger partial charge in [-0.1, -0.05) is 40.2 Å². The van der Waals surface area contributed by atoms with E-state index in [2.05, 4.69) is 32.4 Å².